The van der Waals surface area contributed by atoms with Gasteiger partial charge in [-0.15, -0.1) is 0 Å². The molecule has 0 aliphatic rings. The fourth-order valence-corrected chi connectivity index (χ4v) is 2.08. The number of fused-ring (bicyclic) bond motifs is 1. The Morgan fingerprint density at radius 3 is 2.69 bits per heavy atom. The molecule has 0 aliphatic carbocycles. The van der Waals surface area contributed by atoms with Crippen LogP contribution in [0.4, 0.5) is 5.82 Å². The Kier molecular flexibility index (Phi) is 2.21. The van der Waals surface area contributed by atoms with Crippen molar-refractivity contribution in [2.24, 2.45) is 0 Å². The van der Waals surface area contributed by atoms with Gasteiger partial charge in [0.2, 0.25) is 0 Å². The van der Waals surface area contributed by atoms with Crippen molar-refractivity contribution in [2.75, 3.05) is 5.73 Å². The summed E-state index contributed by atoms with van der Waals surface area (Å²) in [7, 11) is 0. The Bertz CT molecular complexity index is 470. The van der Waals surface area contributed by atoms with Crippen LogP contribution >= 0.6 is 31.9 Å². The second-order valence-electron chi connectivity index (χ2n) is 2.51. The fraction of sp³-hybridized carbons (Fsp3) is 0. The first-order chi connectivity index (χ1) is 6.18. The first-order valence-corrected chi connectivity index (χ1v) is 5.14. The average molecular weight is 303 g/mol. The van der Waals surface area contributed by atoms with E-state index >= 15 is 0 Å². The topological polar surface area (TPSA) is 51.8 Å². The van der Waals surface area contributed by atoms with Crippen molar-refractivity contribution in [1.29, 1.82) is 0 Å². The van der Waals surface area contributed by atoms with E-state index in [2.05, 4.69) is 41.8 Å². The van der Waals surface area contributed by atoms with Gasteiger partial charge in [0.15, 0.2) is 4.73 Å². The number of halogens is 2. The monoisotopic (exact) mass is 301 g/mol. The highest BCUT2D eigenvalue weighted by Crippen LogP contribution is 2.27. The molecule has 0 spiro atoms. The number of hydrogen-bond acceptors (Lipinski definition) is 3. The zero-order valence-corrected chi connectivity index (χ0v) is 9.63. The van der Waals surface area contributed by atoms with E-state index in [1.165, 1.54) is 0 Å². The van der Waals surface area contributed by atoms with E-state index in [-0.39, 0.29) is 0 Å². The summed E-state index contributed by atoms with van der Waals surface area (Å²) in [6, 6.07) is 5.71. The van der Waals surface area contributed by atoms with Crippen LogP contribution in [0.3, 0.4) is 0 Å². The minimum absolute atomic E-state index is 0.476. The third-order valence-corrected chi connectivity index (χ3v) is 2.69. The second-order valence-corrected chi connectivity index (χ2v) is 4.08. The predicted octanol–water partition coefficient (Wildman–Crippen LogP) is 2.74. The molecule has 1 aromatic carbocycles. The number of aromatic nitrogens is 2. The van der Waals surface area contributed by atoms with Crippen molar-refractivity contribution in [3.8, 4) is 0 Å². The number of hydrogen-bond donors (Lipinski definition) is 1. The van der Waals surface area contributed by atoms with E-state index in [9.17, 15) is 0 Å². The molecule has 1 heterocycles. The number of nitrogens with two attached hydrogens (primary N) is 1. The Morgan fingerprint density at radius 1 is 1.15 bits per heavy atom. The lowest BCUT2D eigenvalue weighted by Gasteiger charge is -2.02. The van der Waals surface area contributed by atoms with E-state index in [0.29, 0.717) is 10.6 Å². The molecule has 2 N–H and O–H groups in total. The van der Waals surface area contributed by atoms with Gasteiger partial charge in [0.05, 0.1) is 10.9 Å². The van der Waals surface area contributed by atoms with E-state index in [1.807, 2.05) is 18.2 Å². The molecular weight excluding hydrogens is 298 g/mol. The van der Waals surface area contributed by atoms with Crippen molar-refractivity contribution in [3.63, 3.8) is 0 Å². The van der Waals surface area contributed by atoms with Crippen LogP contribution in [0.5, 0.6) is 0 Å². The molecule has 66 valence electrons. The fourth-order valence-electron chi connectivity index (χ4n) is 1.14. The van der Waals surface area contributed by atoms with Crippen LogP contribution < -0.4 is 5.73 Å². The minimum Gasteiger partial charge on any atom is -0.383 e. The van der Waals surface area contributed by atoms with Crippen LogP contribution in [0.2, 0.25) is 0 Å². The molecule has 2 aromatic rings. The summed E-state index contributed by atoms with van der Waals surface area (Å²) in [6.07, 6.45) is 0. The number of benzene rings is 1. The first-order valence-electron chi connectivity index (χ1n) is 3.56. The maximum Gasteiger partial charge on any atom is 0.199 e. The molecule has 0 saturated carbocycles. The van der Waals surface area contributed by atoms with Gasteiger partial charge in [-0.3, -0.25) is 0 Å². The molecule has 0 bridgehead atoms. The van der Waals surface area contributed by atoms with Gasteiger partial charge >= 0.3 is 0 Å². The third kappa shape index (κ3) is 1.53. The quantitative estimate of drug-likeness (QED) is 0.761. The van der Waals surface area contributed by atoms with Crippen LogP contribution in [0, 0.1) is 0 Å². The second kappa shape index (κ2) is 3.23. The largest absolute Gasteiger partial charge is 0.383 e. The molecule has 2 rings (SSSR count). The highest BCUT2D eigenvalue weighted by atomic mass is 79.9. The van der Waals surface area contributed by atoms with Gasteiger partial charge in [-0.05, 0) is 44.0 Å². The number of rotatable bonds is 0. The molecule has 1 aromatic heterocycles. The van der Waals surface area contributed by atoms with Crippen molar-refractivity contribution in [2.45, 2.75) is 0 Å². The van der Waals surface area contributed by atoms with Crippen molar-refractivity contribution in [3.05, 3.63) is 27.4 Å². The van der Waals surface area contributed by atoms with Crippen molar-refractivity contribution in [1.82, 2.24) is 9.97 Å². The zero-order valence-electron chi connectivity index (χ0n) is 6.46. The summed E-state index contributed by atoms with van der Waals surface area (Å²) in [4.78, 5) is 8.21. The van der Waals surface area contributed by atoms with Gasteiger partial charge in [0, 0.05) is 4.47 Å². The van der Waals surface area contributed by atoms with Gasteiger partial charge in [-0.25, -0.2) is 9.97 Å². The molecular formula is C8H5Br2N3. The SMILES string of the molecule is Nc1nc(Br)nc2cccc(Br)c12. The molecule has 0 unspecified atom stereocenters. The molecule has 0 radical (unpaired) electrons. The van der Waals surface area contributed by atoms with Crippen LogP contribution in [0.15, 0.2) is 27.4 Å². The minimum atomic E-state index is 0.476. The summed E-state index contributed by atoms with van der Waals surface area (Å²) in [5, 5.41) is 0.853. The van der Waals surface area contributed by atoms with Gasteiger partial charge in [0.25, 0.3) is 0 Å². The average Bonchev–Trinajstić information content (AvgIpc) is 2.02. The van der Waals surface area contributed by atoms with Crippen LogP contribution in [0.25, 0.3) is 10.9 Å². The molecule has 0 saturated heterocycles. The Hall–Kier alpha value is -0.680. The van der Waals surface area contributed by atoms with Gasteiger partial charge in [-0.1, -0.05) is 6.07 Å². The molecule has 13 heavy (non-hydrogen) atoms. The smallest absolute Gasteiger partial charge is 0.199 e. The molecule has 3 nitrogen and oxygen atoms in total. The molecule has 0 fully saturated rings. The van der Waals surface area contributed by atoms with Crippen LogP contribution in [0.1, 0.15) is 0 Å². The number of nitrogen functional groups attached to an aromatic ring is 1. The van der Waals surface area contributed by atoms with E-state index in [4.69, 9.17) is 5.73 Å². The lowest BCUT2D eigenvalue weighted by molar-refractivity contribution is 1.17. The third-order valence-electron chi connectivity index (χ3n) is 1.67. The van der Waals surface area contributed by atoms with E-state index < -0.39 is 0 Å². The highest BCUT2D eigenvalue weighted by molar-refractivity contribution is 9.10. The van der Waals surface area contributed by atoms with Crippen molar-refractivity contribution < 1.29 is 0 Å². The first kappa shape index (κ1) is 8.90. The zero-order chi connectivity index (χ0) is 9.42. The molecule has 0 amide bonds. The summed E-state index contributed by atoms with van der Waals surface area (Å²) >= 11 is 6.59. The highest BCUT2D eigenvalue weighted by Gasteiger charge is 2.05. The standard InChI is InChI=1S/C8H5Br2N3/c9-4-2-1-3-5-6(4)7(11)13-8(10)12-5/h1-3H,(H2,11,12,13). The maximum atomic E-state index is 5.75. The Morgan fingerprint density at radius 2 is 1.92 bits per heavy atom. The summed E-state index contributed by atoms with van der Waals surface area (Å²) < 4.78 is 1.42. The normalized spacial score (nSPS) is 10.6. The molecule has 0 aliphatic heterocycles. The summed E-state index contributed by atoms with van der Waals surface area (Å²) in [5.74, 6) is 0.476. The van der Waals surface area contributed by atoms with Crippen LogP contribution in [-0.4, -0.2) is 9.97 Å². The Labute approximate surface area is 91.6 Å². The maximum absolute atomic E-state index is 5.75. The van der Waals surface area contributed by atoms with Crippen molar-refractivity contribution >= 4 is 48.6 Å². The summed E-state index contributed by atoms with van der Waals surface area (Å²) in [6.45, 7) is 0. The molecule has 0 atom stereocenters. The van der Waals surface area contributed by atoms with E-state index in [1.54, 1.807) is 0 Å². The number of anilines is 1. The van der Waals surface area contributed by atoms with Gasteiger partial charge in [0.1, 0.15) is 5.82 Å². The lowest BCUT2D eigenvalue weighted by atomic mass is 10.2. The van der Waals surface area contributed by atoms with Crippen LogP contribution in [-0.2, 0) is 0 Å². The van der Waals surface area contributed by atoms with Gasteiger partial charge < -0.3 is 5.73 Å². The number of nitrogens with zero attached hydrogens (tertiary/aromatic N) is 2. The van der Waals surface area contributed by atoms with E-state index in [0.717, 1.165) is 15.4 Å². The summed E-state index contributed by atoms with van der Waals surface area (Å²) in [5.41, 5.74) is 6.57. The molecule has 5 heteroatoms. The Balaban J connectivity index is 2.94. The predicted molar refractivity (Wildman–Crippen MR) is 59.4 cm³/mol. The lowest BCUT2D eigenvalue weighted by Crippen LogP contribution is -1.95. The van der Waals surface area contributed by atoms with Gasteiger partial charge in [-0.2, -0.15) is 0 Å².